The normalized spacial score (nSPS) is 19.9. The summed E-state index contributed by atoms with van der Waals surface area (Å²) < 4.78 is 14.4. The summed E-state index contributed by atoms with van der Waals surface area (Å²) in [6, 6.07) is 0. The number of hydrogen-bond acceptors (Lipinski definition) is 2. The molecule has 0 amide bonds. The van der Waals surface area contributed by atoms with E-state index in [9.17, 15) is 4.57 Å². The van der Waals surface area contributed by atoms with E-state index >= 15 is 0 Å². The SMILES string of the molecule is C1CCC1.CCC(C)O[PH](=O)O. The van der Waals surface area contributed by atoms with Gasteiger partial charge in [-0.1, -0.05) is 32.6 Å². The highest BCUT2D eigenvalue weighted by Gasteiger charge is 1.99. The third-order valence-corrected chi connectivity index (χ3v) is 2.48. The number of rotatable bonds is 3. The first-order chi connectivity index (χ1) is 5.66. The maximum Gasteiger partial charge on any atom is 0.316 e. The van der Waals surface area contributed by atoms with E-state index in [1.54, 1.807) is 6.92 Å². The zero-order valence-electron chi connectivity index (χ0n) is 7.88. The van der Waals surface area contributed by atoms with Gasteiger partial charge in [0.05, 0.1) is 6.10 Å². The highest BCUT2D eigenvalue weighted by atomic mass is 31.1. The lowest BCUT2D eigenvalue weighted by atomic mass is 10.0. The van der Waals surface area contributed by atoms with E-state index in [4.69, 9.17) is 4.89 Å². The zero-order chi connectivity index (χ0) is 9.40. The monoisotopic (exact) mass is 194 g/mol. The van der Waals surface area contributed by atoms with Crippen molar-refractivity contribution in [2.24, 2.45) is 0 Å². The molecule has 2 unspecified atom stereocenters. The summed E-state index contributed by atoms with van der Waals surface area (Å²) >= 11 is 0. The molecule has 0 aliphatic heterocycles. The van der Waals surface area contributed by atoms with Crippen molar-refractivity contribution in [3.8, 4) is 0 Å². The molecule has 3 nitrogen and oxygen atoms in total. The molecule has 0 bridgehead atoms. The summed E-state index contributed by atoms with van der Waals surface area (Å²) in [4.78, 5) is 8.18. The molecule has 12 heavy (non-hydrogen) atoms. The standard InChI is InChI=1S/C4H11O3P.C4H8/c1-3-4(2)7-8(5)6;1-2-4-3-1/h4,8H,3H2,1-2H3,(H,5,6);1-4H2. The Hall–Kier alpha value is 0.150. The Bertz CT molecular complexity index is 119. The van der Waals surface area contributed by atoms with Crippen molar-refractivity contribution in [2.75, 3.05) is 0 Å². The van der Waals surface area contributed by atoms with E-state index in [0.29, 0.717) is 0 Å². The molecule has 0 saturated heterocycles. The van der Waals surface area contributed by atoms with E-state index in [2.05, 4.69) is 4.52 Å². The first-order valence-corrected chi connectivity index (χ1v) is 5.82. The summed E-state index contributed by atoms with van der Waals surface area (Å²) in [7, 11) is -2.70. The average molecular weight is 194 g/mol. The maximum absolute atomic E-state index is 9.93. The molecule has 2 atom stereocenters. The van der Waals surface area contributed by atoms with Crippen molar-refractivity contribution in [3.63, 3.8) is 0 Å². The minimum Gasteiger partial charge on any atom is -0.326 e. The summed E-state index contributed by atoms with van der Waals surface area (Å²) in [6.07, 6.45) is 6.68. The van der Waals surface area contributed by atoms with Gasteiger partial charge in [-0.2, -0.15) is 0 Å². The number of hydrogen-bond donors (Lipinski definition) is 1. The Labute approximate surface area is 75.1 Å². The van der Waals surface area contributed by atoms with Gasteiger partial charge < -0.3 is 9.42 Å². The molecule has 1 aliphatic carbocycles. The maximum atomic E-state index is 9.93. The molecule has 1 rings (SSSR count). The minimum absolute atomic E-state index is 0.0913. The molecule has 0 aromatic rings. The predicted molar refractivity (Wildman–Crippen MR) is 50.5 cm³/mol. The van der Waals surface area contributed by atoms with Crippen LogP contribution < -0.4 is 0 Å². The van der Waals surface area contributed by atoms with Crippen LogP contribution in [-0.2, 0) is 9.09 Å². The molecule has 4 heteroatoms. The Kier molecular flexibility index (Phi) is 7.88. The lowest BCUT2D eigenvalue weighted by molar-refractivity contribution is 0.202. The zero-order valence-corrected chi connectivity index (χ0v) is 8.88. The lowest BCUT2D eigenvalue weighted by Gasteiger charge is -2.05. The molecule has 74 valence electrons. The average Bonchev–Trinajstić information content (AvgIpc) is 1.82. The second-order valence-electron chi connectivity index (χ2n) is 3.02. The molecule has 1 N–H and O–H groups in total. The third-order valence-electron chi connectivity index (χ3n) is 1.88. The van der Waals surface area contributed by atoms with E-state index in [0.717, 1.165) is 6.42 Å². The molecule has 1 saturated carbocycles. The fourth-order valence-corrected chi connectivity index (χ4v) is 1.02. The first-order valence-electron chi connectivity index (χ1n) is 4.56. The Morgan fingerprint density at radius 1 is 1.42 bits per heavy atom. The van der Waals surface area contributed by atoms with Gasteiger partial charge in [-0.05, 0) is 13.3 Å². The van der Waals surface area contributed by atoms with Gasteiger partial charge >= 0.3 is 8.25 Å². The van der Waals surface area contributed by atoms with Gasteiger partial charge in [-0.3, -0.25) is 4.57 Å². The topological polar surface area (TPSA) is 46.5 Å². The third kappa shape index (κ3) is 8.25. The van der Waals surface area contributed by atoms with Crippen molar-refractivity contribution in [1.29, 1.82) is 0 Å². The molecule has 0 heterocycles. The summed E-state index contributed by atoms with van der Waals surface area (Å²) in [6.45, 7) is 3.66. The van der Waals surface area contributed by atoms with Crippen LogP contribution in [0.4, 0.5) is 0 Å². The molecule has 0 spiro atoms. The fourth-order valence-electron chi connectivity index (χ4n) is 0.505. The van der Waals surface area contributed by atoms with Crippen LogP contribution in [0, 0.1) is 0 Å². The first kappa shape index (κ1) is 12.2. The van der Waals surface area contributed by atoms with Gasteiger partial charge in [-0.15, -0.1) is 0 Å². The second-order valence-corrected chi connectivity index (χ2v) is 3.78. The Morgan fingerprint density at radius 2 is 1.83 bits per heavy atom. The van der Waals surface area contributed by atoms with Gasteiger partial charge in [0.2, 0.25) is 0 Å². The van der Waals surface area contributed by atoms with Gasteiger partial charge in [0.1, 0.15) is 0 Å². The van der Waals surface area contributed by atoms with Crippen LogP contribution in [0.25, 0.3) is 0 Å². The van der Waals surface area contributed by atoms with Gasteiger partial charge in [-0.25, -0.2) is 0 Å². The van der Waals surface area contributed by atoms with Crippen molar-refractivity contribution in [2.45, 2.75) is 52.1 Å². The highest BCUT2D eigenvalue weighted by molar-refractivity contribution is 7.32. The van der Waals surface area contributed by atoms with E-state index in [1.807, 2.05) is 6.92 Å². The van der Waals surface area contributed by atoms with Gasteiger partial charge in [0.25, 0.3) is 0 Å². The summed E-state index contributed by atoms with van der Waals surface area (Å²) in [5.74, 6) is 0. The minimum atomic E-state index is -2.70. The molecule has 0 aromatic carbocycles. The van der Waals surface area contributed by atoms with Crippen molar-refractivity contribution >= 4 is 8.25 Å². The van der Waals surface area contributed by atoms with Crippen molar-refractivity contribution in [1.82, 2.24) is 0 Å². The molecule has 0 radical (unpaired) electrons. The van der Waals surface area contributed by atoms with Crippen LogP contribution in [0.5, 0.6) is 0 Å². The van der Waals surface area contributed by atoms with E-state index in [-0.39, 0.29) is 6.10 Å². The second kappa shape index (κ2) is 7.78. The fraction of sp³-hybridized carbons (Fsp3) is 1.00. The van der Waals surface area contributed by atoms with Crippen LogP contribution in [0.3, 0.4) is 0 Å². The molecule has 1 aliphatic rings. The molecule has 0 aromatic heterocycles. The van der Waals surface area contributed by atoms with Crippen LogP contribution in [-0.4, -0.2) is 11.0 Å². The largest absolute Gasteiger partial charge is 0.326 e. The Balaban J connectivity index is 0.000000247. The quantitative estimate of drug-likeness (QED) is 0.702. The van der Waals surface area contributed by atoms with E-state index < -0.39 is 8.25 Å². The van der Waals surface area contributed by atoms with E-state index in [1.165, 1.54) is 25.7 Å². The van der Waals surface area contributed by atoms with Crippen molar-refractivity contribution in [3.05, 3.63) is 0 Å². The molecular formula is C8H19O3P. The van der Waals surface area contributed by atoms with Crippen LogP contribution >= 0.6 is 8.25 Å². The van der Waals surface area contributed by atoms with Gasteiger partial charge in [0.15, 0.2) is 0 Å². The lowest BCUT2D eigenvalue weighted by Crippen LogP contribution is -1.98. The highest BCUT2D eigenvalue weighted by Crippen LogP contribution is 2.18. The predicted octanol–water partition coefficient (Wildman–Crippen LogP) is 2.74. The van der Waals surface area contributed by atoms with Crippen molar-refractivity contribution < 1.29 is 14.0 Å². The summed E-state index contributed by atoms with van der Waals surface area (Å²) in [5.41, 5.74) is 0. The van der Waals surface area contributed by atoms with Crippen LogP contribution in [0.1, 0.15) is 46.0 Å². The molecular weight excluding hydrogens is 175 g/mol. The summed E-state index contributed by atoms with van der Waals surface area (Å²) in [5, 5.41) is 0. The molecule has 1 fully saturated rings. The Morgan fingerprint density at radius 3 is 1.92 bits per heavy atom. The van der Waals surface area contributed by atoms with Gasteiger partial charge in [0, 0.05) is 0 Å². The van der Waals surface area contributed by atoms with Crippen LogP contribution in [0.15, 0.2) is 0 Å². The smallest absolute Gasteiger partial charge is 0.316 e. The van der Waals surface area contributed by atoms with Crippen LogP contribution in [0.2, 0.25) is 0 Å².